The largest absolute Gasteiger partial charge is 0.237 e. The van der Waals surface area contributed by atoms with Crippen LogP contribution in [0.15, 0.2) is 24.3 Å². The van der Waals surface area contributed by atoms with E-state index in [9.17, 15) is 4.39 Å². The van der Waals surface area contributed by atoms with Gasteiger partial charge in [-0.25, -0.2) is 9.07 Å². The summed E-state index contributed by atoms with van der Waals surface area (Å²) in [7, 11) is 0. The van der Waals surface area contributed by atoms with E-state index in [2.05, 4.69) is 28.9 Å². The van der Waals surface area contributed by atoms with Gasteiger partial charge >= 0.3 is 0 Å². The zero-order chi connectivity index (χ0) is 12.4. The smallest absolute Gasteiger partial charge is 0.123 e. The van der Waals surface area contributed by atoms with Gasteiger partial charge in [0, 0.05) is 0 Å². The molecule has 0 aliphatic rings. The van der Waals surface area contributed by atoms with Crippen LogP contribution in [0.2, 0.25) is 0 Å². The second-order valence-corrected chi connectivity index (χ2v) is 3.89. The average Bonchev–Trinajstić information content (AvgIpc) is 2.59. The second kappa shape index (κ2) is 4.64. The zero-order valence-electron chi connectivity index (χ0n) is 9.53. The molecule has 2 nitrogen and oxygen atoms in total. The third kappa shape index (κ3) is 2.20. The van der Waals surface area contributed by atoms with Gasteiger partial charge in [0.15, 0.2) is 0 Å². The minimum absolute atomic E-state index is 0.259. The van der Waals surface area contributed by atoms with Crippen molar-refractivity contribution in [3.8, 4) is 16.9 Å². The molecule has 1 aromatic heterocycles. The monoisotopic (exact) mass is 246 g/mol. The van der Waals surface area contributed by atoms with Crippen molar-refractivity contribution in [1.29, 1.82) is 0 Å². The highest BCUT2D eigenvalue weighted by molar-refractivity contribution is 7.85. The Balaban J connectivity index is 2.56. The number of halogens is 1. The Morgan fingerprint density at radius 3 is 2.47 bits per heavy atom. The van der Waals surface area contributed by atoms with Crippen LogP contribution in [0.3, 0.4) is 0 Å². The molecule has 0 N–H and O–H groups in total. The molecule has 0 bridgehead atoms. The molecule has 0 atom stereocenters. The number of hydrogen-bond donors (Lipinski definition) is 1. The Kier molecular flexibility index (Phi) is 3.21. The Bertz CT molecular complexity index is 603. The maximum absolute atomic E-state index is 12.8. The van der Waals surface area contributed by atoms with Gasteiger partial charge in [-0.15, -0.1) is 0 Å². The van der Waals surface area contributed by atoms with Gasteiger partial charge < -0.3 is 0 Å². The summed E-state index contributed by atoms with van der Waals surface area (Å²) in [6.07, 6.45) is 0. The second-order valence-electron chi connectivity index (χ2n) is 3.67. The van der Waals surface area contributed by atoms with Gasteiger partial charge in [-0.3, -0.25) is 0 Å². The van der Waals surface area contributed by atoms with Gasteiger partial charge in [-0.05, 0) is 43.4 Å². The van der Waals surface area contributed by atoms with Crippen molar-refractivity contribution in [3.05, 3.63) is 47.0 Å². The first kappa shape index (κ1) is 11.7. The standard InChI is InChI=1S/C13H11FN2S/c1-9-13(7-8-17)10(2)16(15-9)12-5-3-11(14)4-6-12/h3-6,17H,1-2H3. The number of thiol groups is 1. The van der Waals surface area contributed by atoms with Crippen LogP contribution in [-0.4, -0.2) is 9.78 Å². The van der Waals surface area contributed by atoms with Crippen LogP contribution in [0.5, 0.6) is 0 Å². The van der Waals surface area contributed by atoms with E-state index in [1.165, 1.54) is 12.1 Å². The van der Waals surface area contributed by atoms with E-state index in [4.69, 9.17) is 0 Å². The molecule has 0 unspecified atom stereocenters. The lowest BCUT2D eigenvalue weighted by atomic mass is 10.2. The molecule has 0 amide bonds. The molecule has 0 spiro atoms. The van der Waals surface area contributed by atoms with Crippen molar-refractivity contribution >= 4 is 12.6 Å². The number of aryl methyl sites for hydroxylation is 1. The van der Waals surface area contributed by atoms with E-state index in [0.29, 0.717) is 0 Å². The van der Waals surface area contributed by atoms with E-state index >= 15 is 0 Å². The van der Waals surface area contributed by atoms with Crippen LogP contribution in [0.4, 0.5) is 4.39 Å². The number of hydrogen-bond acceptors (Lipinski definition) is 2. The summed E-state index contributed by atoms with van der Waals surface area (Å²) in [5.41, 5.74) is 3.45. The summed E-state index contributed by atoms with van der Waals surface area (Å²) in [4.78, 5) is 0. The molecule has 0 radical (unpaired) electrons. The van der Waals surface area contributed by atoms with Crippen molar-refractivity contribution < 1.29 is 4.39 Å². The van der Waals surface area contributed by atoms with Crippen LogP contribution in [0.1, 0.15) is 17.0 Å². The van der Waals surface area contributed by atoms with Crippen LogP contribution < -0.4 is 0 Å². The first-order chi connectivity index (χ1) is 8.13. The molecule has 86 valence electrons. The molecule has 0 aliphatic carbocycles. The third-order valence-electron chi connectivity index (χ3n) is 2.54. The van der Waals surface area contributed by atoms with E-state index < -0.39 is 0 Å². The summed E-state index contributed by atoms with van der Waals surface area (Å²) in [6.45, 7) is 3.82. The number of benzene rings is 1. The fraction of sp³-hybridized carbons (Fsp3) is 0.154. The lowest BCUT2D eigenvalue weighted by Crippen LogP contribution is -1.99. The zero-order valence-corrected chi connectivity index (χ0v) is 10.4. The maximum atomic E-state index is 12.8. The van der Waals surface area contributed by atoms with E-state index in [1.54, 1.807) is 16.8 Å². The van der Waals surface area contributed by atoms with Crippen molar-refractivity contribution in [2.24, 2.45) is 0 Å². The Hall–Kier alpha value is -1.73. The predicted octanol–water partition coefficient (Wildman–Crippen LogP) is 2.87. The van der Waals surface area contributed by atoms with E-state index in [1.807, 2.05) is 13.8 Å². The van der Waals surface area contributed by atoms with Crippen molar-refractivity contribution in [2.45, 2.75) is 13.8 Å². The normalized spacial score (nSPS) is 9.88. The summed E-state index contributed by atoms with van der Waals surface area (Å²) in [6, 6.07) is 6.20. The summed E-state index contributed by atoms with van der Waals surface area (Å²) in [5.74, 6) is 2.64. The van der Waals surface area contributed by atoms with Crippen LogP contribution in [0, 0.1) is 30.8 Å². The summed E-state index contributed by atoms with van der Waals surface area (Å²) < 4.78 is 14.6. The van der Waals surface area contributed by atoms with Gasteiger partial charge in [0.1, 0.15) is 5.82 Å². The van der Waals surface area contributed by atoms with Crippen molar-refractivity contribution in [1.82, 2.24) is 9.78 Å². The molecule has 2 rings (SSSR count). The average molecular weight is 246 g/mol. The molecular formula is C13H11FN2S. The van der Waals surface area contributed by atoms with E-state index in [0.717, 1.165) is 22.6 Å². The fourth-order valence-electron chi connectivity index (χ4n) is 1.71. The van der Waals surface area contributed by atoms with Gasteiger partial charge in [0.25, 0.3) is 0 Å². The predicted molar refractivity (Wildman–Crippen MR) is 68.9 cm³/mol. The van der Waals surface area contributed by atoms with Gasteiger partial charge in [-0.2, -0.15) is 5.10 Å². The minimum Gasteiger partial charge on any atom is -0.237 e. The molecule has 1 aromatic carbocycles. The lowest BCUT2D eigenvalue weighted by molar-refractivity contribution is 0.627. The number of aromatic nitrogens is 2. The van der Waals surface area contributed by atoms with Crippen LogP contribution in [0.25, 0.3) is 5.69 Å². The molecule has 0 saturated carbocycles. The summed E-state index contributed by atoms with van der Waals surface area (Å²) in [5, 5.41) is 6.96. The highest BCUT2D eigenvalue weighted by atomic mass is 32.1. The quantitative estimate of drug-likeness (QED) is 0.605. The van der Waals surface area contributed by atoms with Crippen LogP contribution in [-0.2, 0) is 0 Å². The van der Waals surface area contributed by atoms with Crippen LogP contribution >= 0.6 is 12.6 Å². The lowest BCUT2D eigenvalue weighted by Gasteiger charge is -2.03. The SMILES string of the molecule is Cc1nn(-c2ccc(F)cc2)c(C)c1C#CS. The molecule has 0 saturated heterocycles. The molecule has 0 fully saturated rings. The first-order valence-corrected chi connectivity index (χ1v) is 5.55. The van der Waals surface area contributed by atoms with Crippen molar-refractivity contribution in [2.75, 3.05) is 0 Å². The highest BCUT2D eigenvalue weighted by Gasteiger charge is 2.10. The minimum atomic E-state index is -0.259. The Morgan fingerprint density at radius 2 is 1.88 bits per heavy atom. The molecule has 0 aliphatic heterocycles. The molecular weight excluding hydrogens is 235 g/mol. The first-order valence-electron chi connectivity index (χ1n) is 5.10. The maximum Gasteiger partial charge on any atom is 0.123 e. The Morgan fingerprint density at radius 1 is 1.24 bits per heavy atom. The van der Waals surface area contributed by atoms with Gasteiger partial charge in [-0.1, -0.05) is 18.5 Å². The molecule has 17 heavy (non-hydrogen) atoms. The third-order valence-corrected chi connectivity index (χ3v) is 2.66. The number of rotatable bonds is 1. The molecule has 4 heteroatoms. The van der Waals surface area contributed by atoms with E-state index in [-0.39, 0.29) is 5.82 Å². The Labute approximate surface area is 105 Å². The van der Waals surface area contributed by atoms with Gasteiger partial charge in [0.2, 0.25) is 0 Å². The highest BCUT2D eigenvalue weighted by Crippen LogP contribution is 2.17. The van der Waals surface area contributed by atoms with Crippen molar-refractivity contribution in [3.63, 3.8) is 0 Å². The van der Waals surface area contributed by atoms with Gasteiger partial charge in [0.05, 0.1) is 22.6 Å². The molecule has 2 aromatic rings. The molecule has 1 heterocycles. The summed E-state index contributed by atoms with van der Waals surface area (Å²) >= 11 is 3.89. The topological polar surface area (TPSA) is 17.8 Å². The number of nitrogens with zero attached hydrogens (tertiary/aromatic N) is 2. The fourth-order valence-corrected chi connectivity index (χ4v) is 1.82.